The first kappa shape index (κ1) is 27.3. The molecular formula is C27H26Cl2N4O5. The topological polar surface area (TPSA) is 104 Å². The molecule has 198 valence electrons. The third kappa shape index (κ3) is 5.58. The fraction of sp³-hybridized carbons (Fsp3) is 0.296. The zero-order valence-corrected chi connectivity index (χ0v) is 22.8. The standard InChI is InChI=1S/C27H26Cl2N4O5/c1-5-37-27(36)19-13-18-23(30-22-8-6-7-11-32(22)26(18)35)33(14-15(2)3)24(19)31-25(34)16(4)38-21-10-9-17(28)12-20(21)29/h6-13,15-16H,5,14H2,1-4H3/t16-/m0/s1. The molecule has 0 unspecified atom stereocenters. The van der Waals surface area contributed by atoms with E-state index in [0.29, 0.717) is 22.9 Å². The van der Waals surface area contributed by atoms with Crippen molar-refractivity contribution in [2.45, 2.75) is 40.3 Å². The summed E-state index contributed by atoms with van der Waals surface area (Å²) in [5.74, 6) is -1.07. The number of aromatic nitrogens is 3. The number of fused-ring (bicyclic) bond motifs is 2. The molecule has 0 fully saturated rings. The van der Waals surface area contributed by atoms with E-state index in [-0.39, 0.29) is 45.3 Å². The number of carbonyl (C=O) groups is 2. The molecule has 0 radical (unpaired) electrons. The van der Waals surface area contributed by atoms with Crippen LogP contribution in [-0.4, -0.2) is 38.5 Å². The van der Waals surface area contributed by atoms with Crippen LogP contribution in [0.1, 0.15) is 38.1 Å². The fourth-order valence-electron chi connectivity index (χ4n) is 3.90. The van der Waals surface area contributed by atoms with Gasteiger partial charge in [-0.2, -0.15) is 4.99 Å². The summed E-state index contributed by atoms with van der Waals surface area (Å²) in [5, 5.41) is 0.856. The van der Waals surface area contributed by atoms with Crippen LogP contribution in [0, 0.1) is 5.92 Å². The van der Waals surface area contributed by atoms with Crippen LogP contribution in [0.4, 0.5) is 0 Å². The number of esters is 1. The second kappa shape index (κ2) is 11.4. The Morgan fingerprint density at radius 1 is 1.11 bits per heavy atom. The van der Waals surface area contributed by atoms with E-state index in [4.69, 9.17) is 32.7 Å². The second-order valence-corrected chi connectivity index (χ2v) is 9.82. The lowest BCUT2D eigenvalue weighted by Gasteiger charge is -2.17. The lowest BCUT2D eigenvalue weighted by atomic mass is 10.1. The Bertz CT molecular complexity index is 1680. The first-order valence-corrected chi connectivity index (χ1v) is 12.8. The number of nitrogens with zero attached hydrogens (tertiary/aromatic N) is 4. The van der Waals surface area contributed by atoms with Gasteiger partial charge in [0.1, 0.15) is 22.6 Å². The first-order valence-electron chi connectivity index (χ1n) is 12.0. The number of rotatable bonds is 7. The molecule has 4 aromatic rings. The van der Waals surface area contributed by atoms with Crippen LogP contribution < -0.4 is 15.8 Å². The van der Waals surface area contributed by atoms with E-state index in [2.05, 4.69) is 9.98 Å². The Morgan fingerprint density at radius 3 is 2.55 bits per heavy atom. The SMILES string of the molecule is CCOC(=O)c1cc2c(=O)n3ccccc3nc2n(CC(C)C)c1=NC(=O)[C@H](C)Oc1ccc(Cl)cc1Cl. The van der Waals surface area contributed by atoms with Crippen molar-refractivity contribution >= 4 is 51.8 Å². The molecular weight excluding hydrogens is 531 g/mol. The Hall–Kier alpha value is -3.69. The highest BCUT2D eigenvalue weighted by atomic mass is 35.5. The monoisotopic (exact) mass is 556 g/mol. The van der Waals surface area contributed by atoms with Gasteiger partial charge in [-0.05, 0) is 56.2 Å². The van der Waals surface area contributed by atoms with Gasteiger partial charge in [-0.3, -0.25) is 14.0 Å². The Balaban J connectivity index is 1.97. The third-order valence-electron chi connectivity index (χ3n) is 5.59. The smallest absolute Gasteiger partial charge is 0.341 e. The minimum Gasteiger partial charge on any atom is -0.479 e. The summed E-state index contributed by atoms with van der Waals surface area (Å²) in [6.45, 7) is 7.53. The van der Waals surface area contributed by atoms with Crippen LogP contribution in [0.25, 0.3) is 16.7 Å². The number of hydrogen-bond acceptors (Lipinski definition) is 6. The largest absolute Gasteiger partial charge is 0.479 e. The van der Waals surface area contributed by atoms with Gasteiger partial charge in [0.2, 0.25) is 0 Å². The van der Waals surface area contributed by atoms with Crippen molar-refractivity contribution in [3.05, 3.63) is 80.1 Å². The second-order valence-electron chi connectivity index (χ2n) is 8.97. The number of amides is 1. The maximum atomic E-state index is 13.4. The predicted molar refractivity (Wildman–Crippen MR) is 145 cm³/mol. The van der Waals surface area contributed by atoms with Crippen LogP contribution in [0.3, 0.4) is 0 Å². The van der Waals surface area contributed by atoms with Crippen LogP contribution >= 0.6 is 23.2 Å². The summed E-state index contributed by atoms with van der Waals surface area (Å²) in [4.78, 5) is 48.7. The maximum absolute atomic E-state index is 13.4. The van der Waals surface area contributed by atoms with Gasteiger partial charge in [-0.15, -0.1) is 0 Å². The molecule has 0 aliphatic carbocycles. The van der Waals surface area contributed by atoms with E-state index in [1.165, 1.54) is 23.5 Å². The molecule has 1 atom stereocenters. The highest BCUT2D eigenvalue weighted by molar-refractivity contribution is 6.35. The quantitative estimate of drug-likeness (QED) is 0.241. The van der Waals surface area contributed by atoms with Crippen LogP contribution in [0.15, 0.2) is 58.4 Å². The molecule has 3 aromatic heterocycles. The molecule has 0 N–H and O–H groups in total. The van der Waals surface area contributed by atoms with Crippen molar-refractivity contribution in [2.75, 3.05) is 6.61 Å². The van der Waals surface area contributed by atoms with E-state index in [1.54, 1.807) is 48.0 Å². The lowest BCUT2D eigenvalue weighted by Crippen LogP contribution is -2.35. The van der Waals surface area contributed by atoms with Crippen LogP contribution in [0.5, 0.6) is 5.75 Å². The van der Waals surface area contributed by atoms with Crippen molar-refractivity contribution in [1.82, 2.24) is 14.0 Å². The number of hydrogen-bond donors (Lipinski definition) is 0. The summed E-state index contributed by atoms with van der Waals surface area (Å²) in [7, 11) is 0. The van der Waals surface area contributed by atoms with Crippen molar-refractivity contribution < 1.29 is 19.1 Å². The van der Waals surface area contributed by atoms with E-state index < -0.39 is 18.0 Å². The van der Waals surface area contributed by atoms with Gasteiger partial charge in [0.15, 0.2) is 11.6 Å². The molecule has 3 heterocycles. The zero-order chi connectivity index (χ0) is 27.6. The Kier molecular flexibility index (Phi) is 8.18. The van der Waals surface area contributed by atoms with Gasteiger partial charge < -0.3 is 14.0 Å². The first-order chi connectivity index (χ1) is 18.1. The highest BCUT2D eigenvalue weighted by Crippen LogP contribution is 2.28. The van der Waals surface area contributed by atoms with Crippen LogP contribution in [0.2, 0.25) is 10.0 Å². The normalized spacial score (nSPS) is 12.8. The number of ether oxygens (including phenoxy) is 2. The average molecular weight is 557 g/mol. The number of halogens is 2. The fourth-order valence-corrected chi connectivity index (χ4v) is 4.36. The molecule has 0 bridgehead atoms. The molecule has 38 heavy (non-hydrogen) atoms. The van der Waals surface area contributed by atoms with Gasteiger partial charge >= 0.3 is 5.97 Å². The minimum atomic E-state index is -1.05. The van der Waals surface area contributed by atoms with Gasteiger partial charge in [0, 0.05) is 17.8 Å². The molecule has 0 aliphatic rings. The highest BCUT2D eigenvalue weighted by Gasteiger charge is 2.22. The summed E-state index contributed by atoms with van der Waals surface area (Å²) in [5.41, 5.74) is 0.349. The lowest BCUT2D eigenvalue weighted by molar-refractivity contribution is -0.124. The maximum Gasteiger partial charge on any atom is 0.341 e. The summed E-state index contributed by atoms with van der Waals surface area (Å²) in [6, 6.07) is 11.2. The van der Waals surface area contributed by atoms with Crippen molar-refractivity contribution in [2.24, 2.45) is 10.9 Å². The minimum absolute atomic E-state index is 0.0273. The van der Waals surface area contributed by atoms with E-state index in [9.17, 15) is 14.4 Å². The molecule has 1 amide bonds. The summed E-state index contributed by atoms with van der Waals surface area (Å²) < 4.78 is 14.0. The van der Waals surface area contributed by atoms with Crippen molar-refractivity contribution in [3.8, 4) is 5.75 Å². The van der Waals surface area contributed by atoms with Gasteiger partial charge in [0.05, 0.1) is 17.0 Å². The molecule has 4 rings (SSSR count). The Labute approximate surface area is 228 Å². The molecule has 0 saturated heterocycles. The number of benzene rings is 1. The van der Waals surface area contributed by atoms with Crippen molar-refractivity contribution in [1.29, 1.82) is 0 Å². The van der Waals surface area contributed by atoms with Crippen molar-refractivity contribution in [3.63, 3.8) is 0 Å². The van der Waals surface area contributed by atoms with Crippen LogP contribution in [-0.2, 0) is 16.1 Å². The molecule has 11 heteroatoms. The Morgan fingerprint density at radius 2 is 1.87 bits per heavy atom. The molecule has 0 aliphatic heterocycles. The predicted octanol–water partition coefficient (Wildman–Crippen LogP) is 4.68. The molecule has 0 saturated carbocycles. The number of carbonyl (C=O) groups excluding carboxylic acids is 2. The molecule has 9 nitrogen and oxygen atoms in total. The average Bonchev–Trinajstić information content (AvgIpc) is 2.87. The van der Waals surface area contributed by atoms with Gasteiger partial charge in [-0.25, -0.2) is 9.78 Å². The molecule has 1 aromatic carbocycles. The number of pyridine rings is 2. The van der Waals surface area contributed by atoms with E-state index >= 15 is 0 Å². The van der Waals surface area contributed by atoms with Gasteiger partial charge in [0.25, 0.3) is 11.5 Å². The third-order valence-corrected chi connectivity index (χ3v) is 6.12. The van der Waals surface area contributed by atoms with Gasteiger partial charge in [-0.1, -0.05) is 43.1 Å². The van der Waals surface area contributed by atoms with E-state index in [0.717, 1.165) is 0 Å². The zero-order valence-electron chi connectivity index (χ0n) is 21.3. The summed E-state index contributed by atoms with van der Waals surface area (Å²) >= 11 is 12.1. The summed E-state index contributed by atoms with van der Waals surface area (Å²) in [6.07, 6.45) is 0.547. The van der Waals surface area contributed by atoms with E-state index in [1.807, 2.05) is 13.8 Å². The molecule has 0 spiro atoms.